The lowest BCUT2D eigenvalue weighted by molar-refractivity contribution is -0.385. The average molecular weight is 590 g/mol. The number of carbonyl (C=O) groups excluding carboxylic acids is 1. The van der Waals surface area contributed by atoms with Crippen LogP contribution in [0.15, 0.2) is 45.3 Å². The number of hydrogen-bond donors (Lipinski definition) is 2. The maximum atomic E-state index is 12.5. The van der Waals surface area contributed by atoms with Gasteiger partial charge in [0.25, 0.3) is 5.69 Å². The van der Waals surface area contributed by atoms with Crippen molar-refractivity contribution >= 4 is 55.0 Å². The van der Waals surface area contributed by atoms with Gasteiger partial charge >= 0.3 is 6.09 Å². The second kappa shape index (κ2) is 11.6. The van der Waals surface area contributed by atoms with Gasteiger partial charge in [-0.1, -0.05) is 0 Å². The van der Waals surface area contributed by atoms with Crippen LogP contribution in [-0.2, 0) is 4.74 Å². The lowest BCUT2D eigenvalue weighted by atomic mass is 10.1. The Balaban J connectivity index is 0.000000294. The summed E-state index contributed by atoms with van der Waals surface area (Å²) in [6.07, 6.45) is 0.701. The van der Waals surface area contributed by atoms with E-state index in [0.29, 0.717) is 12.5 Å². The van der Waals surface area contributed by atoms with Crippen molar-refractivity contribution in [2.45, 2.75) is 32.8 Å². The molecule has 0 radical (unpaired) electrons. The summed E-state index contributed by atoms with van der Waals surface area (Å²) >= 11 is 6.40. The van der Waals surface area contributed by atoms with Gasteiger partial charge in [0.1, 0.15) is 11.4 Å². The van der Waals surface area contributed by atoms with Crippen LogP contribution in [0.3, 0.4) is 0 Å². The second-order valence-corrected chi connectivity index (χ2v) is 10.3. The molecular formula is C22H27Br2FN4O4. The Bertz CT molecular complexity index is 1000. The third-order valence-corrected chi connectivity index (χ3v) is 5.89. The Kier molecular flexibility index (Phi) is 9.47. The molecule has 3 N–H and O–H groups in total. The van der Waals surface area contributed by atoms with Crippen molar-refractivity contribution in [3.63, 3.8) is 0 Å². The Morgan fingerprint density at radius 2 is 1.97 bits per heavy atom. The number of nitro groups is 1. The summed E-state index contributed by atoms with van der Waals surface area (Å²) in [5.74, 6) is -0.0763. The number of ether oxygens (including phenoxy) is 1. The lowest BCUT2D eigenvalue weighted by Gasteiger charge is -2.22. The number of hydrogen-bond acceptors (Lipinski definition) is 6. The zero-order valence-electron chi connectivity index (χ0n) is 18.6. The zero-order chi connectivity index (χ0) is 24.8. The molecule has 8 nitrogen and oxygen atoms in total. The van der Waals surface area contributed by atoms with Gasteiger partial charge in [-0.25, -0.2) is 9.18 Å². The Labute approximate surface area is 209 Å². The molecule has 0 bridgehead atoms. The summed E-state index contributed by atoms with van der Waals surface area (Å²) in [6.45, 7) is 8.12. The fraction of sp³-hybridized carbons (Fsp3) is 0.409. The molecule has 1 aliphatic heterocycles. The van der Waals surface area contributed by atoms with Crippen molar-refractivity contribution in [2.75, 3.05) is 30.3 Å². The molecule has 2 aromatic rings. The molecule has 11 heteroatoms. The van der Waals surface area contributed by atoms with Gasteiger partial charge in [-0.2, -0.15) is 0 Å². The molecule has 1 heterocycles. The van der Waals surface area contributed by atoms with Gasteiger partial charge in [-0.05, 0) is 89.2 Å². The molecule has 0 spiro atoms. The number of alkyl carbamates (subject to hydrolysis) is 1. The van der Waals surface area contributed by atoms with E-state index in [4.69, 9.17) is 10.5 Å². The van der Waals surface area contributed by atoms with Crippen molar-refractivity contribution < 1.29 is 18.8 Å². The van der Waals surface area contributed by atoms with Gasteiger partial charge in [-0.3, -0.25) is 10.1 Å². The van der Waals surface area contributed by atoms with E-state index in [9.17, 15) is 19.3 Å². The quantitative estimate of drug-likeness (QED) is 0.262. The predicted octanol–water partition coefficient (Wildman–Crippen LogP) is 5.88. The van der Waals surface area contributed by atoms with E-state index in [1.165, 1.54) is 0 Å². The number of non-ortho nitro benzene ring substituents is 1. The first-order valence-electron chi connectivity index (χ1n) is 10.2. The highest BCUT2D eigenvalue weighted by Crippen LogP contribution is 2.32. The molecule has 0 aliphatic carbocycles. The minimum Gasteiger partial charge on any atom is -0.444 e. The number of rotatable bonds is 4. The molecule has 33 heavy (non-hydrogen) atoms. The molecule has 3 rings (SSSR count). The van der Waals surface area contributed by atoms with Gasteiger partial charge < -0.3 is 20.7 Å². The first kappa shape index (κ1) is 26.8. The molecule has 1 aliphatic rings. The Hall–Kier alpha value is -2.40. The van der Waals surface area contributed by atoms with Crippen molar-refractivity contribution in [1.82, 2.24) is 5.32 Å². The van der Waals surface area contributed by atoms with Crippen LogP contribution in [0, 0.1) is 21.8 Å². The van der Waals surface area contributed by atoms with Crippen molar-refractivity contribution in [2.24, 2.45) is 5.92 Å². The molecule has 0 saturated carbocycles. The summed E-state index contributed by atoms with van der Waals surface area (Å²) in [7, 11) is 0. The number of anilines is 2. The third-order valence-electron chi connectivity index (χ3n) is 4.65. The largest absolute Gasteiger partial charge is 0.444 e. The smallest absolute Gasteiger partial charge is 0.407 e. The highest BCUT2D eigenvalue weighted by atomic mass is 79.9. The maximum Gasteiger partial charge on any atom is 0.407 e. The molecule has 2 aromatic carbocycles. The number of nitrogens with two attached hydrogens (primary N) is 1. The van der Waals surface area contributed by atoms with Gasteiger partial charge in [0.15, 0.2) is 0 Å². The fourth-order valence-corrected chi connectivity index (χ4v) is 4.15. The van der Waals surface area contributed by atoms with Crippen LogP contribution in [0.5, 0.6) is 0 Å². The van der Waals surface area contributed by atoms with E-state index >= 15 is 0 Å². The van der Waals surface area contributed by atoms with E-state index in [0.717, 1.165) is 53.6 Å². The number of nitrogens with one attached hydrogen (secondary N) is 1. The van der Waals surface area contributed by atoms with Crippen LogP contribution in [-0.4, -0.2) is 36.3 Å². The number of nitrogen functional groups attached to an aromatic ring is 1. The number of benzene rings is 2. The summed E-state index contributed by atoms with van der Waals surface area (Å²) < 4.78 is 18.9. The van der Waals surface area contributed by atoms with Crippen LogP contribution in [0.4, 0.5) is 26.2 Å². The highest BCUT2D eigenvalue weighted by Gasteiger charge is 2.25. The normalized spacial score (nSPS) is 15.5. The van der Waals surface area contributed by atoms with Crippen LogP contribution in [0.2, 0.25) is 0 Å². The molecule has 1 saturated heterocycles. The van der Waals surface area contributed by atoms with Gasteiger partial charge in [0.2, 0.25) is 0 Å². The van der Waals surface area contributed by atoms with Gasteiger partial charge in [0.05, 0.1) is 15.1 Å². The monoisotopic (exact) mass is 588 g/mol. The van der Waals surface area contributed by atoms with Crippen LogP contribution >= 0.6 is 31.9 Å². The van der Waals surface area contributed by atoms with Crippen LogP contribution in [0.25, 0.3) is 0 Å². The molecule has 1 amide bonds. The first-order chi connectivity index (χ1) is 15.4. The van der Waals surface area contributed by atoms with Crippen molar-refractivity contribution in [3.8, 4) is 0 Å². The first-order valence-corrected chi connectivity index (χ1v) is 11.8. The standard InChI is InChI=1S/C16H24BrN3O2.C6H3BrFNO2/c1-16(2,3)22-15(21)19-9-11-6-7-20(10-11)14-5-4-12(18)8-13(14)17;7-5-3-4(9(10)11)1-2-6(5)8/h4-5,8,11H,6-7,9-10,18H2,1-3H3,(H,19,21);1-3H. The third kappa shape index (κ3) is 8.81. The minimum atomic E-state index is -0.579. The Morgan fingerprint density at radius 3 is 2.55 bits per heavy atom. The van der Waals surface area contributed by atoms with Gasteiger partial charge in [-0.15, -0.1) is 0 Å². The summed E-state index contributed by atoms with van der Waals surface area (Å²) in [5.41, 5.74) is 7.09. The topological polar surface area (TPSA) is 111 Å². The number of nitro benzene ring substituents is 1. The second-order valence-electron chi connectivity index (χ2n) is 8.55. The average Bonchev–Trinajstić information content (AvgIpc) is 3.16. The number of halogens is 3. The van der Waals surface area contributed by atoms with Crippen molar-refractivity contribution in [3.05, 3.63) is 61.3 Å². The molecular weight excluding hydrogens is 563 g/mol. The number of amides is 1. The van der Waals surface area contributed by atoms with Gasteiger partial charge in [0, 0.05) is 41.9 Å². The molecule has 1 atom stereocenters. The van der Waals surface area contributed by atoms with Crippen LogP contribution < -0.4 is 16.0 Å². The summed E-state index contributed by atoms with van der Waals surface area (Å²) in [5, 5.41) is 13.0. The maximum absolute atomic E-state index is 12.5. The molecule has 0 aromatic heterocycles. The summed E-state index contributed by atoms with van der Waals surface area (Å²) in [4.78, 5) is 23.5. The summed E-state index contributed by atoms with van der Waals surface area (Å²) in [6, 6.07) is 9.13. The zero-order valence-corrected chi connectivity index (χ0v) is 21.8. The minimum absolute atomic E-state index is 0.103. The van der Waals surface area contributed by atoms with E-state index in [-0.39, 0.29) is 16.3 Å². The molecule has 180 valence electrons. The Morgan fingerprint density at radius 1 is 1.27 bits per heavy atom. The van der Waals surface area contributed by atoms with Crippen molar-refractivity contribution in [1.29, 1.82) is 0 Å². The van der Waals surface area contributed by atoms with Crippen LogP contribution in [0.1, 0.15) is 27.2 Å². The van der Waals surface area contributed by atoms with E-state index in [1.54, 1.807) is 0 Å². The highest BCUT2D eigenvalue weighted by molar-refractivity contribution is 9.10. The van der Waals surface area contributed by atoms with E-state index in [1.807, 2.05) is 39.0 Å². The molecule has 1 fully saturated rings. The van der Waals surface area contributed by atoms with E-state index < -0.39 is 16.3 Å². The predicted molar refractivity (Wildman–Crippen MR) is 134 cm³/mol. The SMILES string of the molecule is CC(C)(C)OC(=O)NCC1CCN(c2ccc(N)cc2Br)C1.O=[N+]([O-])c1ccc(F)c(Br)c1. The fourth-order valence-electron chi connectivity index (χ4n) is 3.14. The van der Waals surface area contributed by atoms with E-state index in [2.05, 4.69) is 42.1 Å². The number of nitrogens with zero attached hydrogens (tertiary/aromatic N) is 2. The lowest BCUT2D eigenvalue weighted by Crippen LogP contribution is -2.36. The molecule has 1 unspecified atom stereocenters. The number of carbonyl (C=O) groups is 1.